The summed E-state index contributed by atoms with van der Waals surface area (Å²) in [5, 5.41) is 13.4. The molecule has 1 heterocycles. The van der Waals surface area contributed by atoms with Gasteiger partial charge in [-0.2, -0.15) is 5.26 Å². The second-order valence-electron chi connectivity index (χ2n) is 7.07. The molecule has 0 bridgehead atoms. The van der Waals surface area contributed by atoms with Gasteiger partial charge in [-0.05, 0) is 43.0 Å². The maximum atomic E-state index is 12.3. The van der Waals surface area contributed by atoms with E-state index in [-0.39, 0.29) is 17.5 Å². The van der Waals surface area contributed by atoms with Gasteiger partial charge in [-0.15, -0.1) is 0 Å². The molecule has 0 radical (unpaired) electrons. The van der Waals surface area contributed by atoms with Gasteiger partial charge >= 0.3 is 0 Å². The summed E-state index contributed by atoms with van der Waals surface area (Å²) in [5.41, 5.74) is 4.63. The first-order valence-corrected chi connectivity index (χ1v) is 9.21. The predicted molar refractivity (Wildman–Crippen MR) is 107 cm³/mol. The molecule has 4 rings (SSSR count). The summed E-state index contributed by atoms with van der Waals surface area (Å²) in [6.45, 7) is 2.86. The molecule has 1 saturated carbocycles. The van der Waals surface area contributed by atoms with Crippen molar-refractivity contribution in [3.8, 4) is 6.07 Å². The van der Waals surface area contributed by atoms with Gasteiger partial charge in [0, 0.05) is 35.2 Å². The normalized spacial score (nSPS) is 14.1. The summed E-state index contributed by atoms with van der Waals surface area (Å²) in [4.78, 5) is 12.3. The molecule has 1 aliphatic carbocycles. The standard InChI is InChI=1S/C23H21N3O/c1-16-6-2-3-7-17(16)14-26-15-19(21-8-4-5-9-22(21)26)12-18(13-24)23(27)25-20-10-11-20/h2-9,12,15,20H,10-11,14H2,1H3,(H,25,27). The van der Waals surface area contributed by atoms with Crippen LogP contribution in [-0.4, -0.2) is 16.5 Å². The summed E-state index contributed by atoms with van der Waals surface area (Å²) in [7, 11) is 0. The Morgan fingerprint density at radius 1 is 1.22 bits per heavy atom. The number of amides is 1. The summed E-state index contributed by atoms with van der Waals surface area (Å²) in [6.07, 6.45) is 5.73. The van der Waals surface area contributed by atoms with E-state index in [0.717, 1.165) is 35.9 Å². The number of nitriles is 1. The van der Waals surface area contributed by atoms with Crippen LogP contribution in [0.25, 0.3) is 17.0 Å². The van der Waals surface area contributed by atoms with Gasteiger partial charge in [0.15, 0.2) is 0 Å². The molecule has 2 aromatic carbocycles. The number of para-hydroxylation sites is 1. The third-order valence-corrected chi connectivity index (χ3v) is 5.00. The van der Waals surface area contributed by atoms with Crippen molar-refractivity contribution in [1.29, 1.82) is 5.26 Å². The molecular formula is C23H21N3O. The molecule has 134 valence electrons. The van der Waals surface area contributed by atoms with Gasteiger partial charge in [0.05, 0.1) is 0 Å². The van der Waals surface area contributed by atoms with E-state index in [1.165, 1.54) is 11.1 Å². The van der Waals surface area contributed by atoms with E-state index < -0.39 is 0 Å². The number of nitrogens with one attached hydrogen (secondary N) is 1. The van der Waals surface area contributed by atoms with Crippen molar-refractivity contribution in [3.63, 3.8) is 0 Å². The molecule has 1 N–H and O–H groups in total. The van der Waals surface area contributed by atoms with Crippen molar-refractivity contribution >= 4 is 22.9 Å². The molecule has 1 aromatic heterocycles. The Kier molecular flexibility index (Phi) is 4.52. The van der Waals surface area contributed by atoms with E-state index in [4.69, 9.17) is 0 Å². The molecule has 27 heavy (non-hydrogen) atoms. The molecular weight excluding hydrogens is 334 g/mol. The molecule has 3 aromatic rings. The van der Waals surface area contributed by atoms with Gasteiger partial charge in [-0.3, -0.25) is 4.79 Å². The highest BCUT2D eigenvalue weighted by molar-refractivity contribution is 6.04. The lowest BCUT2D eigenvalue weighted by Gasteiger charge is -2.08. The van der Waals surface area contributed by atoms with Crippen LogP contribution >= 0.6 is 0 Å². The number of nitrogens with zero attached hydrogens (tertiary/aromatic N) is 2. The average Bonchev–Trinajstić information content (AvgIpc) is 3.43. The van der Waals surface area contributed by atoms with E-state index in [1.54, 1.807) is 6.08 Å². The first-order chi connectivity index (χ1) is 13.2. The lowest BCUT2D eigenvalue weighted by atomic mass is 10.1. The molecule has 0 saturated heterocycles. The van der Waals surface area contributed by atoms with Crippen LogP contribution in [0.2, 0.25) is 0 Å². The minimum atomic E-state index is -0.282. The third-order valence-electron chi connectivity index (χ3n) is 5.00. The Bertz CT molecular complexity index is 1080. The number of rotatable bonds is 5. The zero-order chi connectivity index (χ0) is 18.8. The van der Waals surface area contributed by atoms with E-state index in [1.807, 2.05) is 36.5 Å². The largest absolute Gasteiger partial charge is 0.349 e. The van der Waals surface area contributed by atoms with Gasteiger partial charge in [0.2, 0.25) is 0 Å². The third kappa shape index (κ3) is 3.63. The van der Waals surface area contributed by atoms with Gasteiger partial charge in [0.25, 0.3) is 5.91 Å². The zero-order valence-corrected chi connectivity index (χ0v) is 15.3. The first kappa shape index (κ1) is 17.1. The minimum Gasteiger partial charge on any atom is -0.349 e. The molecule has 4 nitrogen and oxygen atoms in total. The van der Waals surface area contributed by atoms with Crippen molar-refractivity contribution < 1.29 is 4.79 Å². The van der Waals surface area contributed by atoms with Crippen LogP contribution in [0.5, 0.6) is 0 Å². The molecule has 0 atom stereocenters. The van der Waals surface area contributed by atoms with Crippen LogP contribution < -0.4 is 5.32 Å². The number of hydrogen-bond donors (Lipinski definition) is 1. The van der Waals surface area contributed by atoms with Crippen LogP contribution in [-0.2, 0) is 11.3 Å². The molecule has 0 aliphatic heterocycles. The Hall–Kier alpha value is -3.32. The Morgan fingerprint density at radius 3 is 2.70 bits per heavy atom. The van der Waals surface area contributed by atoms with E-state index >= 15 is 0 Å². The van der Waals surface area contributed by atoms with Gasteiger partial charge in [-0.25, -0.2) is 0 Å². The molecule has 0 unspecified atom stereocenters. The van der Waals surface area contributed by atoms with Gasteiger partial charge in [0.1, 0.15) is 11.6 Å². The second-order valence-corrected chi connectivity index (χ2v) is 7.07. The predicted octanol–water partition coefficient (Wildman–Crippen LogP) is 4.18. The second kappa shape index (κ2) is 7.13. The number of carbonyl (C=O) groups excluding carboxylic acids is 1. The zero-order valence-electron chi connectivity index (χ0n) is 15.3. The molecule has 4 heteroatoms. The van der Waals surface area contributed by atoms with Crippen molar-refractivity contribution in [2.75, 3.05) is 0 Å². The van der Waals surface area contributed by atoms with E-state index in [9.17, 15) is 10.1 Å². The van der Waals surface area contributed by atoms with Crippen LogP contribution in [0.3, 0.4) is 0 Å². The van der Waals surface area contributed by atoms with Gasteiger partial charge < -0.3 is 9.88 Å². The number of aromatic nitrogens is 1. The maximum absolute atomic E-state index is 12.3. The Morgan fingerprint density at radius 2 is 1.96 bits per heavy atom. The highest BCUT2D eigenvalue weighted by Gasteiger charge is 2.25. The molecule has 1 fully saturated rings. The molecule has 1 amide bonds. The lowest BCUT2D eigenvalue weighted by molar-refractivity contribution is -0.117. The summed E-state index contributed by atoms with van der Waals surface area (Å²) >= 11 is 0. The molecule has 0 spiro atoms. The van der Waals surface area contributed by atoms with Crippen LogP contribution in [0.4, 0.5) is 0 Å². The Balaban J connectivity index is 1.73. The maximum Gasteiger partial charge on any atom is 0.262 e. The summed E-state index contributed by atoms with van der Waals surface area (Å²) in [5.74, 6) is -0.282. The monoisotopic (exact) mass is 355 g/mol. The molecule has 1 aliphatic rings. The smallest absolute Gasteiger partial charge is 0.262 e. The fourth-order valence-corrected chi connectivity index (χ4v) is 3.29. The van der Waals surface area contributed by atoms with Crippen molar-refractivity contribution in [3.05, 3.63) is 77.0 Å². The number of benzene rings is 2. The van der Waals surface area contributed by atoms with Crippen LogP contribution in [0.15, 0.2) is 60.3 Å². The fourth-order valence-electron chi connectivity index (χ4n) is 3.29. The average molecular weight is 355 g/mol. The number of fused-ring (bicyclic) bond motifs is 1. The van der Waals surface area contributed by atoms with Crippen molar-refractivity contribution in [1.82, 2.24) is 9.88 Å². The SMILES string of the molecule is Cc1ccccc1Cn1cc(C=C(C#N)C(=O)NC2CC2)c2ccccc21. The summed E-state index contributed by atoms with van der Waals surface area (Å²) < 4.78 is 2.18. The van der Waals surface area contributed by atoms with Crippen molar-refractivity contribution in [2.45, 2.75) is 32.4 Å². The van der Waals surface area contributed by atoms with Crippen LogP contribution in [0.1, 0.15) is 29.5 Å². The van der Waals surface area contributed by atoms with E-state index in [0.29, 0.717) is 0 Å². The number of hydrogen-bond acceptors (Lipinski definition) is 2. The van der Waals surface area contributed by atoms with E-state index in [2.05, 4.69) is 41.1 Å². The highest BCUT2D eigenvalue weighted by atomic mass is 16.1. The topological polar surface area (TPSA) is 57.8 Å². The quantitative estimate of drug-likeness (QED) is 0.551. The minimum absolute atomic E-state index is 0.153. The van der Waals surface area contributed by atoms with Gasteiger partial charge in [-0.1, -0.05) is 42.5 Å². The van der Waals surface area contributed by atoms with Crippen molar-refractivity contribution in [2.24, 2.45) is 0 Å². The first-order valence-electron chi connectivity index (χ1n) is 9.21. The summed E-state index contributed by atoms with van der Waals surface area (Å²) in [6, 6.07) is 18.7. The number of aryl methyl sites for hydroxylation is 1. The highest BCUT2D eigenvalue weighted by Crippen LogP contribution is 2.25. The fraction of sp³-hybridized carbons (Fsp3) is 0.217. The lowest BCUT2D eigenvalue weighted by Crippen LogP contribution is -2.26. The number of carbonyl (C=O) groups is 1. The Labute approximate surface area is 158 Å². The van der Waals surface area contributed by atoms with Crippen LogP contribution in [0, 0.1) is 18.3 Å².